The maximum atomic E-state index is 13.3. The van der Waals surface area contributed by atoms with E-state index in [0.29, 0.717) is 18.0 Å². The molecule has 0 radical (unpaired) electrons. The third-order valence-electron chi connectivity index (χ3n) is 7.50. The van der Waals surface area contributed by atoms with Gasteiger partial charge in [-0.1, -0.05) is 11.6 Å². The Morgan fingerprint density at radius 1 is 1.26 bits per heavy atom. The van der Waals surface area contributed by atoms with Gasteiger partial charge in [0, 0.05) is 58.5 Å². The number of hydrogen-bond acceptors (Lipinski definition) is 8. The van der Waals surface area contributed by atoms with Crippen molar-refractivity contribution in [1.82, 2.24) is 9.88 Å². The molecule has 208 valence electrons. The summed E-state index contributed by atoms with van der Waals surface area (Å²) in [6.07, 6.45) is 3.44. The highest BCUT2D eigenvalue weighted by Gasteiger charge is 2.54. The number of aliphatic hydroxyl groups excluding tert-OH is 1. The molecule has 0 unspecified atom stereocenters. The molecule has 10 heteroatoms. The molecule has 2 aliphatic heterocycles. The van der Waals surface area contributed by atoms with E-state index >= 15 is 0 Å². The van der Waals surface area contributed by atoms with Crippen molar-refractivity contribution >= 4 is 50.9 Å². The monoisotopic (exact) mass is 571 g/mol. The molecule has 5 rings (SSSR count). The van der Waals surface area contributed by atoms with E-state index in [4.69, 9.17) is 21.1 Å². The van der Waals surface area contributed by atoms with Crippen molar-refractivity contribution in [3.63, 3.8) is 0 Å². The van der Waals surface area contributed by atoms with Crippen molar-refractivity contribution in [2.24, 2.45) is 0 Å². The predicted octanol–water partition coefficient (Wildman–Crippen LogP) is 5.80. The van der Waals surface area contributed by atoms with E-state index in [9.17, 15) is 14.7 Å². The minimum absolute atomic E-state index is 0.0467. The molecule has 0 bridgehead atoms. The highest BCUT2D eigenvalue weighted by molar-refractivity contribution is 7.19. The number of nitrogens with zero attached hydrogens (tertiary/aromatic N) is 3. The number of aryl methyl sites for hydroxylation is 1. The van der Waals surface area contributed by atoms with Crippen LogP contribution < -0.4 is 4.90 Å². The zero-order valence-corrected chi connectivity index (χ0v) is 24.5. The van der Waals surface area contributed by atoms with Crippen LogP contribution in [0.1, 0.15) is 51.0 Å². The van der Waals surface area contributed by atoms with E-state index in [2.05, 4.69) is 9.88 Å². The number of rotatable bonds is 4. The van der Waals surface area contributed by atoms with Crippen molar-refractivity contribution in [1.29, 1.82) is 0 Å². The van der Waals surface area contributed by atoms with Crippen LogP contribution >= 0.6 is 22.9 Å². The zero-order valence-electron chi connectivity index (χ0n) is 22.9. The van der Waals surface area contributed by atoms with Gasteiger partial charge in [-0.25, -0.2) is 9.59 Å². The van der Waals surface area contributed by atoms with Gasteiger partial charge in [0.15, 0.2) is 0 Å². The number of carbonyl (C=O) groups is 2. The van der Waals surface area contributed by atoms with Crippen molar-refractivity contribution in [2.45, 2.75) is 70.7 Å². The number of halogens is 1. The van der Waals surface area contributed by atoms with E-state index < -0.39 is 23.2 Å². The van der Waals surface area contributed by atoms with Crippen LogP contribution in [0, 0.1) is 0 Å². The normalized spacial score (nSPS) is 21.3. The number of carbonyl (C=O) groups excluding carboxylic acids is 2. The van der Waals surface area contributed by atoms with E-state index in [-0.39, 0.29) is 12.6 Å². The Morgan fingerprint density at radius 2 is 2.03 bits per heavy atom. The van der Waals surface area contributed by atoms with Gasteiger partial charge in [0.25, 0.3) is 0 Å². The molecule has 0 saturated carbocycles. The van der Waals surface area contributed by atoms with Gasteiger partial charge in [0.2, 0.25) is 0 Å². The molecule has 4 heterocycles. The van der Waals surface area contributed by atoms with E-state index in [0.717, 1.165) is 56.9 Å². The van der Waals surface area contributed by atoms with Crippen molar-refractivity contribution in [3.8, 4) is 11.1 Å². The second-order valence-corrected chi connectivity index (χ2v) is 13.0. The lowest BCUT2D eigenvalue weighted by Gasteiger charge is -2.38. The van der Waals surface area contributed by atoms with Crippen LogP contribution in [0.5, 0.6) is 0 Å². The predicted molar refractivity (Wildman–Crippen MR) is 153 cm³/mol. The number of hydrogen-bond donors (Lipinski definition) is 1. The largest absolute Gasteiger partial charge is 0.467 e. The number of aromatic nitrogens is 1. The molecule has 2 aromatic heterocycles. The Morgan fingerprint density at radius 3 is 2.72 bits per heavy atom. The van der Waals surface area contributed by atoms with Gasteiger partial charge in [-0.15, -0.1) is 11.3 Å². The first-order valence-electron chi connectivity index (χ1n) is 13.1. The van der Waals surface area contributed by atoms with Gasteiger partial charge in [0.1, 0.15) is 11.1 Å². The zero-order chi connectivity index (χ0) is 28.1. The molecule has 1 amide bonds. The molecule has 0 aliphatic carbocycles. The lowest BCUT2D eigenvalue weighted by Crippen LogP contribution is -2.52. The van der Waals surface area contributed by atoms with Crippen molar-refractivity contribution in [2.75, 3.05) is 25.1 Å². The number of ether oxygens (including phenoxy) is 2. The van der Waals surface area contributed by atoms with Crippen molar-refractivity contribution in [3.05, 3.63) is 45.9 Å². The summed E-state index contributed by atoms with van der Waals surface area (Å²) in [4.78, 5) is 35.6. The molecule has 1 fully saturated rings. The topological polar surface area (TPSA) is 92.2 Å². The summed E-state index contributed by atoms with van der Waals surface area (Å²) in [7, 11) is 1.35. The molecule has 1 aromatic carbocycles. The van der Waals surface area contributed by atoms with Crippen LogP contribution in [0.3, 0.4) is 0 Å². The number of benzene rings is 1. The number of methoxy groups -OCH3 is 1. The number of anilines is 1. The minimum Gasteiger partial charge on any atom is -0.467 e. The quantitative estimate of drug-likeness (QED) is 0.395. The fourth-order valence-electron chi connectivity index (χ4n) is 5.85. The van der Waals surface area contributed by atoms with Crippen LogP contribution in [0.25, 0.3) is 21.3 Å². The van der Waals surface area contributed by atoms with Crippen LogP contribution in [0.4, 0.5) is 10.5 Å². The Kier molecular flexibility index (Phi) is 7.28. The molecule has 2 atom stereocenters. The molecular weight excluding hydrogens is 538 g/mol. The summed E-state index contributed by atoms with van der Waals surface area (Å²) in [6, 6.07) is 7.74. The molecule has 1 N–H and O–H groups in total. The average Bonchev–Trinajstić information content (AvgIpc) is 3.48. The number of fused-ring (bicyclic) bond motifs is 2. The molecule has 39 heavy (non-hydrogen) atoms. The van der Waals surface area contributed by atoms with E-state index in [1.54, 1.807) is 13.1 Å². The third kappa shape index (κ3) is 5.08. The minimum atomic E-state index is -1.17. The van der Waals surface area contributed by atoms with E-state index in [1.165, 1.54) is 23.3 Å². The summed E-state index contributed by atoms with van der Waals surface area (Å²) < 4.78 is 11.9. The lowest BCUT2D eigenvalue weighted by molar-refractivity contribution is -0.152. The number of pyridine rings is 1. The number of esters is 1. The molecule has 1 saturated heterocycles. The average molecular weight is 572 g/mol. The number of likely N-dealkylation sites (tertiary alicyclic amines) is 1. The van der Waals surface area contributed by atoms with Gasteiger partial charge < -0.3 is 19.5 Å². The van der Waals surface area contributed by atoms with Crippen molar-refractivity contribution < 1.29 is 24.2 Å². The molecule has 3 aromatic rings. The standard InChI is InChI=1S/C29H34ClN3O5S/c1-28(2,3)38-27(36)33-15-19(14-29(33,4)26(35)37-5)32-10-6-7-17-11-18(30)12-22(24(17)32)21-8-9-31-23-13-20(16-34)39-25(21)23/h8-9,11-13,19,34H,6-7,10,14-16H2,1-5H3/t19-,29+/m0/s1. The van der Waals surface area contributed by atoms with Crippen LogP contribution in [0.2, 0.25) is 5.02 Å². The highest BCUT2D eigenvalue weighted by Crippen LogP contribution is 2.46. The SMILES string of the molecule is COC(=O)[C@@]1(C)C[C@H](N2CCCc3cc(Cl)cc(-c4ccnc5cc(CO)sc45)c32)CN1C(=O)OC(C)(C)C. The van der Waals surface area contributed by atoms with Gasteiger partial charge in [-0.2, -0.15) is 0 Å². The maximum Gasteiger partial charge on any atom is 0.411 e. The summed E-state index contributed by atoms with van der Waals surface area (Å²) >= 11 is 8.17. The van der Waals surface area contributed by atoms with Gasteiger partial charge >= 0.3 is 12.1 Å². The molecule has 0 spiro atoms. The Balaban J connectivity index is 1.61. The Hall–Kier alpha value is -2.88. The van der Waals surface area contributed by atoms with E-state index in [1.807, 2.05) is 45.0 Å². The van der Waals surface area contributed by atoms with Crippen LogP contribution in [0.15, 0.2) is 30.5 Å². The number of aliphatic hydroxyl groups is 1. The lowest BCUT2D eigenvalue weighted by atomic mass is 9.91. The van der Waals surface area contributed by atoms with Crippen LogP contribution in [-0.2, 0) is 27.3 Å². The highest BCUT2D eigenvalue weighted by atomic mass is 35.5. The molecular formula is C29H34ClN3O5S. The Labute approximate surface area is 237 Å². The van der Waals surface area contributed by atoms with Crippen LogP contribution in [-0.4, -0.2) is 64.4 Å². The fraction of sp³-hybridized carbons (Fsp3) is 0.483. The van der Waals surface area contributed by atoms with Gasteiger partial charge in [0.05, 0.1) is 23.9 Å². The Bertz CT molecular complexity index is 1430. The summed E-state index contributed by atoms with van der Waals surface area (Å²) in [5.41, 5.74) is 3.12. The first-order chi connectivity index (χ1) is 18.4. The smallest absolute Gasteiger partial charge is 0.411 e. The first kappa shape index (κ1) is 27.7. The first-order valence-corrected chi connectivity index (χ1v) is 14.3. The fourth-order valence-corrected chi connectivity index (χ4v) is 7.09. The molecule has 2 aliphatic rings. The van der Waals surface area contributed by atoms with Gasteiger partial charge in [-0.3, -0.25) is 9.88 Å². The van der Waals surface area contributed by atoms with Gasteiger partial charge in [-0.05, 0) is 70.4 Å². The third-order valence-corrected chi connectivity index (χ3v) is 8.86. The maximum absolute atomic E-state index is 13.3. The number of amides is 1. The second-order valence-electron chi connectivity index (χ2n) is 11.4. The summed E-state index contributed by atoms with van der Waals surface area (Å²) in [6.45, 7) is 8.24. The summed E-state index contributed by atoms with van der Waals surface area (Å²) in [5.74, 6) is -0.463. The second kappa shape index (κ2) is 10.3. The summed E-state index contributed by atoms with van der Waals surface area (Å²) in [5, 5.41) is 10.4. The number of thiophene rings is 1. The molecule has 8 nitrogen and oxygen atoms in total.